The fourth-order valence-corrected chi connectivity index (χ4v) is 2.08. The molecular weight excluding hydrogens is 178 g/mol. The van der Waals surface area contributed by atoms with Gasteiger partial charge in [0.05, 0.1) is 4.34 Å². The standard InChI is InChI=1S/C8H12ClNS/c1-2-3-7(10)6-4-5-11-8(6)9/h4-5,7H,2-3,10H2,1H3. The molecular formula is C8H12ClNS. The summed E-state index contributed by atoms with van der Waals surface area (Å²) in [5.74, 6) is 0. The van der Waals surface area contributed by atoms with Crippen molar-refractivity contribution in [3.05, 3.63) is 21.3 Å². The van der Waals surface area contributed by atoms with Gasteiger partial charge >= 0.3 is 0 Å². The van der Waals surface area contributed by atoms with E-state index in [-0.39, 0.29) is 6.04 Å². The molecule has 1 heterocycles. The van der Waals surface area contributed by atoms with Crippen LogP contribution in [0.5, 0.6) is 0 Å². The van der Waals surface area contributed by atoms with Gasteiger partial charge in [-0.25, -0.2) is 0 Å². The van der Waals surface area contributed by atoms with Gasteiger partial charge in [-0.3, -0.25) is 0 Å². The minimum Gasteiger partial charge on any atom is -0.324 e. The van der Waals surface area contributed by atoms with Crippen LogP contribution in [-0.4, -0.2) is 0 Å². The van der Waals surface area contributed by atoms with Gasteiger partial charge in [-0.2, -0.15) is 0 Å². The largest absolute Gasteiger partial charge is 0.324 e. The Hall–Kier alpha value is -0.0500. The fraction of sp³-hybridized carbons (Fsp3) is 0.500. The predicted octanol–water partition coefficient (Wildman–Crippen LogP) is 3.20. The predicted molar refractivity (Wildman–Crippen MR) is 51.2 cm³/mol. The van der Waals surface area contributed by atoms with E-state index in [4.69, 9.17) is 17.3 Å². The molecule has 1 nitrogen and oxygen atoms in total. The van der Waals surface area contributed by atoms with Crippen molar-refractivity contribution in [2.24, 2.45) is 5.73 Å². The van der Waals surface area contributed by atoms with Crippen LogP contribution < -0.4 is 5.73 Å². The van der Waals surface area contributed by atoms with Crippen LogP contribution in [0.4, 0.5) is 0 Å². The van der Waals surface area contributed by atoms with Crippen LogP contribution >= 0.6 is 22.9 Å². The molecule has 1 aromatic rings. The summed E-state index contributed by atoms with van der Waals surface area (Å²) in [4.78, 5) is 0. The molecule has 3 heteroatoms. The third-order valence-electron chi connectivity index (χ3n) is 1.65. The molecule has 0 saturated heterocycles. The van der Waals surface area contributed by atoms with E-state index in [1.807, 2.05) is 11.4 Å². The summed E-state index contributed by atoms with van der Waals surface area (Å²) in [6.07, 6.45) is 2.11. The molecule has 1 unspecified atom stereocenters. The van der Waals surface area contributed by atoms with E-state index in [0.29, 0.717) is 0 Å². The summed E-state index contributed by atoms with van der Waals surface area (Å²) in [6, 6.07) is 2.13. The first-order valence-electron chi connectivity index (χ1n) is 3.74. The molecule has 62 valence electrons. The van der Waals surface area contributed by atoms with Gasteiger partial charge in [0, 0.05) is 6.04 Å². The number of hydrogen-bond acceptors (Lipinski definition) is 2. The van der Waals surface area contributed by atoms with Gasteiger partial charge in [-0.05, 0) is 23.4 Å². The Labute approximate surface area is 76.2 Å². The Balaban J connectivity index is 2.67. The zero-order valence-corrected chi connectivity index (χ0v) is 8.08. The van der Waals surface area contributed by atoms with E-state index in [0.717, 1.165) is 22.7 Å². The first kappa shape index (κ1) is 9.04. The molecule has 0 aromatic carbocycles. The Morgan fingerprint density at radius 1 is 1.73 bits per heavy atom. The number of halogens is 1. The van der Waals surface area contributed by atoms with E-state index in [2.05, 4.69) is 6.92 Å². The summed E-state index contributed by atoms with van der Waals surface area (Å²) >= 11 is 7.45. The Morgan fingerprint density at radius 2 is 2.45 bits per heavy atom. The van der Waals surface area contributed by atoms with Crippen molar-refractivity contribution in [3.8, 4) is 0 Å². The molecule has 0 aliphatic carbocycles. The minimum atomic E-state index is 0.124. The first-order chi connectivity index (χ1) is 5.25. The van der Waals surface area contributed by atoms with Crippen LogP contribution in [0.15, 0.2) is 11.4 Å². The topological polar surface area (TPSA) is 26.0 Å². The number of rotatable bonds is 3. The van der Waals surface area contributed by atoms with Crippen molar-refractivity contribution in [3.63, 3.8) is 0 Å². The number of nitrogens with two attached hydrogens (primary N) is 1. The van der Waals surface area contributed by atoms with Crippen molar-refractivity contribution in [1.29, 1.82) is 0 Å². The van der Waals surface area contributed by atoms with Crippen molar-refractivity contribution in [2.75, 3.05) is 0 Å². The molecule has 1 atom stereocenters. The lowest BCUT2D eigenvalue weighted by Crippen LogP contribution is -2.08. The van der Waals surface area contributed by atoms with Crippen molar-refractivity contribution in [2.45, 2.75) is 25.8 Å². The van der Waals surface area contributed by atoms with Crippen LogP contribution in [0.1, 0.15) is 31.4 Å². The van der Waals surface area contributed by atoms with Gasteiger partial charge in [-0.15, -0.1) is 11.3 Å². The Morgan fingerprint density at radius 3 is 2.91 bits per heavy atom. The van der Waals surface area contributed by atoms with E-state index < -0.39 is 0 Å². The third kappa shape index (κ3) is 2.19. The highest BCUT2D eigenvalue weighted by Crippen LogP contribution is 2.28. The monoisotopic (exact) mass is 189 g/mol. The molecule has 0 aliphatic heterocycles. The molecule has 0 radical (unpaired) electrons. The second kappa shape index (κ2) is 4.10. The lowest BCUT2D eigenvalue weighted by atomic mass is 10.1. The Kier molecular flexibility index (Phi) is 3.37. The van der Waals surface area contributed by atoms with Crippen molar-refractivity contribution in [1.82, 2.24) is 0 Å². The maximum Gasteiger partial charge on any atom is 0.0976 e. The number of hydrogen-bond donors (Lipinski definition) is 1. The lowest BCUT2D eigenvalue weighted by molar-refractivity contribution is 0.640. The highest BCUT2D eigenvalue weighted by atomic mass is 35.5. The molecule has 0 bridgehead atoms. The van der Waals surface area contributed by atoms with Gasteiger partial charge in [0.1, 0.15) is 0 Å². The summed E-state index contributed by atoms with van der Waals surface area (Å²) in [5, 5.41) is 1.98. The third-order valence-corrected chi connectivity index (χ3v) is 2.85. The van der Waals surface area contributed by atoms with E-state index in [1.165, 1.54) is 0 Å². The minimum absolute atomic E-state index is 0.124. The average Bonchev–Trinajstić information content (AvgIpc) is 2.36. The number of thiophene rings is 1. The van der Waals surface area contributed by atoms with Crippen LogP contribution in [0, 0.1) is 0 Å². The molecule has 0 fully saturated rings. The lowest BCUT2D eigenvalue weighted by Gasteiger charge is -2.07. The summed E-state index contributed by atoms with van der Waals surface area (Å²) < 4.78 is 0.839. The van der Waals surface area contributed by atoms with Gasteiger partial charge in [-0.1, -0.05) is 24.9 Å². The molecule has 0 amide bonds. The highest BCUT2D eigenvalue weighted by Gasteiger charge is 2.09. The highest BCUT2D eigenvalue weighted by molar-refractivity contribution is 7.14. The van der Waals surface area contributed by atoms with Gasteiger partial charge in [0.15, 0.2) is 0 Å². The SMILES string of the molecule is CCCC(N)c1ccsc1Cl. The van der Waals surface area contributed by atoms with Gasteiger partial charge in [0.25, 0.3) is 0 Å². The van der Waals surface area contributed by atoms with Crippen LogP contribution in [-0.2, 0) is 0 Å². The molecule has 0 saturated carbocycles. The smallest absolute Gasteiger partial charge is 0.0976 e. The maximum absolute atomic E-state index is 5.91. The summed E-state index contributed by atoms with van der Waals surface area (Å²) in [5.41, 5.74) is 6.97. The molecule has 1 aromatic heterocycles. The fourth-order valence-electron chi connectivity index (χ4n) is 1.04. The van der Waals surface area contributed by atoms with Gasteiger partial charge in [0.2, 0.25) is 0 Å². The molecule has 2 N–H and O–H groups in total. The van der Waals surface area contributed by atoms with E-state index in [9.17, 15) is 0 Å². The zero-order chi connectivity index (χ0) is 8.27. The molecule has 1 rings (SSSR count). The molecule has 11 heavy (non-hydrogen) atoms. The van der Waals surface area contributed by atoms with Crippen molar-refractivity contribution < 1.29 is 0 Å². The van der Waals surface area contributed by atoms with Crippen LogP contribution in [0.25, 0.3) is 0 Å². The molecule has 0 aliphatic rings. The zero-order valence-electron chi connectivity index (χ0n) is 6.51. The second-order valence-electron chi connectivity index (χ2n) is 2.54. The quantitative estimate of drug-likeness (QED) is 0.777. The van der Waals surface area contributed by atoms with Gasteiger partial charge < -0.3 is 5.73 Å². The normalized spacial score (nSPS) is 13.4. The van der Waals surface area contributed by atoms with Crippen molar-refractivity contribution >= 4 is 22.9 Å². The average molecular weight is 190 g/mol. The van der Waals surface area contributed by atoms with Crippen LogP contribution in [0.2, 0.25) is 4.34 Å². The Bertz CT molecular complexity index is 222. The second-order valence-corrected chi connectivity index (χ2v) is 4.06. The summed E-state index contributed by atoms with van der Waals surface area (Å²) in [7, 11) is 0. The maximum atomic E-state index is 5.91. The van der Waals surface area contributed by atoms with E-state index >= 15 is 0 Å². The first-order valence-corrected chi connectivity index (χ1v) is 5.00. The summed E-state index contributed by atoms with van der Waals surface area (Å²) in [6.45, 7) is 2.13. The molecule has 0 spiro atoms. The van der Waals surface area contributed by atoms with Crippen LogP contribution in [0.3, 0.4) is 0 Å². The van der Waals surface area contributed by atoms with E-state index in [1.54, 1.807) is 11.3 Å².